The van der Waals surface area contributed by atoms with Crippen molar-refractivity contribution in [3.8, 4) is 5.69 Å². The number of sulfonamides is 1. The molecule has 39 heavy (non-hydrogen) atoms. The van der Waals surface area contributed by atoms with Gasteiger partial charge in [-0.1, -0.05) is 47.5 Å². The van der Waals surface area contributed by atoms with Crippen LogP contribution in [0.4, 0.5) is 5.69 Å². The summed E-state index contributed by atoms with van der Waals surface area (Å²) in [6.07, 6.45) is 1.52. The van der Waals surface area contributed by atoms with Crippen LogP contribution >= 0.6 is 23.2 Å². The van der Waals surface area contributed by atoms with E-state index in [1.54, 1.807) is 36.4 Å². The van der Waals surface area contributed by atoms with E-state index in [1.807, 2.05) is 56.5 Å². The van der Waals surface area contributed by atoms with Crippen LogP contribution < -0.4 is 9.73 Å². The largest absolute Gasteiger partial charge is 0.318 e. The minimum atomic E-state index is -4.01. The molecule has 1 heterocycles. The topological polar surface area (TPSA) is 83.8 Å². The molecule has 0 aliphatic heterocycles. The number of halogens is 2. The molecule has 0 fully saturated rings. The van der Waals surface area contributed by atoms with Crippen LogP contribution in [0.2, 0.25) is 10.0 Å². The number of carbonyl (C=O) groups excluding carboxylic acids is 1. The number of anilines is 1. The van der Waals surface area contributed by atoms with Gasteiger partial charge >= 0.3 is 0 Å². The zero-order valence-electron chi connectivity index (χ0n) is 21.9. The number of aryl methyl sites for hydroxylation is 3. The maximum atomic E-state index is 13.5. The molecule has 0 unspecified atom stereocenters. The first-order valence-electron chi connectivity index (χ1n) is 12.1. The van der Waals surface area contributed by atoms with Crippen molar-refractivity contribution in [1.29, 1.82) is 0 Å². The summed E-state index contributed by atoms with van der Waals surface area (Å²) in [6.45, 7) is 7.24. The first-order valence-corrected chi connectivity index (χ1v) is 14.3. The number of hydrogen-bond donors (Lipinski definition) is 1. The van der Waals surface area contributed by atoms with E-state index in [0.29, 0.717) is 15.7 Å². The zero-order valence-corrected chi connectivity index (χ0v) is 24.3. The van der Waals surface area contributed by atoms with Crippen molar-refractivity contribution in [3.05, 3.63) is 111 Å². The lowest BCUT2D eigenvalue weighted by molar-refractivity contribution is -0.119. The summed E-state index contributed by atoms with van der Waals surface area (Å²) in [6, 6.07) is 20.5. The molecule has 0 bridgehead atoms. The number of amides is 1. The molecule has 0 atom stereocenters. The lowest BCUT2D eigenvalue weighted by Gasteiger charge is -2.24. The van der Waals surface area contributed by atoms with Crippen LogP contribution in [0, 0.1) is 27.7 Å². The van der Waals surface area contributed by atoms with Gasteiger partial charge in [0, 0.05) is 32.7 Å². The molecule has 1 aromatic heterocycles. The predicted molar refractivity (Wildman–Crippen MR) is 158 cm³/mol. The number of nitrogens with one attached hydrogen (secondary N) is 1. The number of carbonyl (C=O) groups is 1. The van der Waals surface area contributed by atoms with Gasteiger partial charge in [-0.15, -0.1) is 0 Å². The predicted octanol–water partition coefficient (Wildman–Crippen LogP) is 6.36. The van der Waals surface area contributed by atoms with E-state index in [4.69, 9.17) is 23.2 Å². The molecule has 0 saturated carbocycles. The molecular formula is C29H28Cl2N4O3S. The van der Waals surface area contributed by atoms with Gasteiger partial charge in [0.1, 0.15) is 6.54 Å². The summed E-state index contributed by atoms with van der Waals surface area (Å²) in [7, 11) is -4.01. The van der Waals surface area contributed by atoms with Crippen LogP contribution in [-0.2, 0) is 14.8 Å². The number of benzene rings is 3. The quantitative estimate of drug-likeness (QED) is 0.194. The molecule has 3 aromatic carbocycles. The van der Waals surface area contributed by atoms with E-state index in [-0.39, 0.29) is 4.90 Å². The summed E-state index contributed by atoms with van der Waals surface area (Å²) in [5, 5.41) is 5.15. The van der Waals surface area contributed by atoms with Crippen molar-refractivity contribution >= 4 is 51.0 Å². The van der Waals surface area contributed by atoms with Crippen LogP contribution in [0.25, 0.3) is 5.69 Å². The molecule has 10 heteroatoms. The Kier molecular flexibility index (Phi) is 8.49. The molecule has 0 saturated heterocycles. The minimum Gasteiger partial charge on any atom is -0.318 e. The third-order valence-corrected chi connectivity index (χ3v) is 8.59. The molecule has 4 aromatic rings. The molecular weight excluding hydrogens is 555 g/mol. The van der Waals surface area contributed by atoms with Crippen molar-refractivity contribution in [3.63, 3.8) is 0 Å². The number of hydrogen-bond acceptors (Lipinski definition) is 4. The summed E-state index contributed by atoms with van der Waals surface area (Å²) in [4.78, 5) is 13.0. The third-order valence-electron chi connectivity index (χ3n) is 6.37. The Morgan fingerprint density at radius 2 is 1.59 bits per heavy atom. The summed E-state index contributed by atoms with van der Waals surface area (Å²) < 4.78 is 30.1. The highest BCUT2D eigenvalue weighted by atomic mass is 35.5. The Hall–Kier alpha value is -3.59. The Morgan fingerprint density at radius 3 is 2.23 bits per heavy atom. The summed E-state index contributed by atoms with van der Waals surface area (Å²) in [5.41, 5.74) is 8.16. The van der Waals surface area contributed by atoms with Crippen LogP contribution in [0.5, 0.6) is 0 Å². The third kappa shape index (κ3) is 6.36. The van der Waals surface area contributed by atoms with Gasteiger partial charge < -0.3 is 4.57 Å². The minimum absolute atomic E-state index is 0.0908. The maximum Gasteiger partial charge on any atom is 0.264 e. The fourth-order valence-electron chi connectivity index (χ4n) is 4.24. The van der Waals surface area contributed by atoms with Gasteiger partial charge in [-0.05, 0) is 87.4 Å². The highest BCUT2D eigenvalue weighted by Gasteiger charge is 2.27. The molecule has 7 nitrogen and oxygen atoms in total. The van der Waals surface area contributed by atoms with Gasteiger partial charge in [-0.2, -0.15) is 5.10 Å². The maximum absolute atomic E-state index is 13.5. The van der Waals surface area contributed by atoms with Crippen LogP contribution in [0.15, 0.2) is 82.8 Å². The fraction of sp³-hybridized carbons (Fsp3) is 0.172. The van der Waals surface area contributed by atoms with Gasteiger partial charge in [-0.3, -0.25) is 9.10 Å². The molecule has 202 valence electrons. The van der Waals surface area contributed by atoms with Crippen LogP contribution in [0.3, 0.4) is 0 Å². The smallest absolute Gasteiger partial charge is 0.264 e. The van der Waals surface area contributed by atoms with Gasteiger partial charge in [-0.25, -0.2) is 13.8 Å². The summed E-state index contributed by atoms with van der Waals surface area (Å²) >= 11 is 12.4. The van der Waals surface area contributed by atoms with Crippen molar-refractivity contribution < 1.29 is 13.2 Å². The van der Waals surface area contributed by atoms with Crippen molar-refractivity contribution in [2.24, 2.45) is 5.10 Å². The van der Waals surface area contributed by atoms with Crippen LogP contribution in [-0.4, -0.2) is 31.7 Å². The Bertz CT molecular complexity index is 1650. The number of hydrazone groups is 1. The van der Waals surface area contributed by atoms with Crippen molar-refractivity contribution in [2.75, 3.05) is 10.8 Å². The van der Waals surface area contributed by atoms with E-state index < -0.39 is 22.5 Å². The molecule has 1 N–H and O–H groups in total. The van der Waals surface area contributed by atoms with Crippen molar-refractivity contribution in [1.82, 2.24) is 9.99 Å². The zero-order chi connectivity index (χ0) is 28.3. The summed E-state index contributed by atoms with van der Waals surface area (Å²) in [5.74, 6) is -0.584. The molecule has 4 rings (SSSR count). The SMILES string of the molecule is Cc1ccc(N(CC(=O)N/N=C\c2cc(C)n(-c3cc(Cl)cc(Cl)c3)c2C)S(=O)(=O)c2ccccc2)cc1C. The van der Waals surface area contributed by atoms with Gasteiger partial charge in [0.25, 0.3) is 15.9 Å². The number of rotatable bonds is 8. The van der Waals surface area contributed by atoms with E-state index >= 15 is 0 Å². The van der Waals surface area contributed by atoms with E-state index in [2.05, 4.69) is 10.5 Å². The number of nitrogens with zero attached hydrogens (tertiary/aromatic N) is 3. The second kappa shape index (κ2) is 11.7. The lowest BCUT2D eigenvalue weighted by Crippen LogP contribution is -2.39. The van der Waals surface area contributed by atoms with Crippen molar-refractivity contribution in [2.45, 2.75) is 32.6 Å². The van der Waals surface area contributed by atoms with Gasteiger partial charge in [0.2, 0.25) is 0 Å². The molecule has 0 spiro atoms. The van der Waals surface area contributed by atoms with Gasteiger partial charge in [0.05, 0.1) is 16.8 Å². The fourth-order valence-corrected chi connectivity index (χ4v) is 6.19. The van der Waals surface area contributed by atoms with E-state index in [9.17, 15) is 13.2 Å². The highest BCUT2D eigenvalue weighted by Crippen LogP contribution is 2.27. The second-order valence-electron chi connectivity index (χ2n) is 9.18. The standard InChI is InChI=1S/C29H28Cl2N4O3S/c1-19-10-11-26(12-20(19)2)34(39(37,38)28-8-6-5-7-9-28)18-29(36)33-32-17-23-13-21(3)35(22(23)4)27-15-24(30)14-25(31)16-27/h5-17H,18H2,1-4H3,(H,33,36)/b32-17-. The first kappa shape index (κ1) is 28.4. The molecule has 1 amide bonds. The van der Waals surface area contributed by atoms with Gasteiger partial charge in [0.15, 0.2) is 0 Å². The molecule has 0 radical (unpaired) electrons. The Morgan fingerprint density at radius 1 is 0.923 bits per heavy atom. The average molecular weight is 584 g/mol. The first-order chi connectivity index (χ1) is 18.5. The normalized spacial score (nSPS) is 11.6. The van der Waals surface area contributed by atoms with E-state index in [1.165, 1.54) is 18.3 Å². The monoisotopic (exact) mass is 582 g/mol. The Balaban J connectivity index is 1.57. The lowest BCUT2D eigenvalue weighted by atomic mass is 10.1. The number of aromatic nitrogens is 1. The molecule has 0 aliphatic rings. The Labute approximate surface area is 238 Å². The van der Waals surface area contributed by atoms with Crippen LogP contribution in [0.1, 0.15) is 28.1 Å². The second-order valence-corrected chi connectivity index (χ2v) is 11.9. The van der Waals surface area contributed by atoms with E-state index in [0.717, 1.165) is 38.1 Å². The highest BCUT2D eigenvalue weighted by molar-refractivity contribution is 7.92. The average Bonchev–Trinajstić information content (AvgIpc) is 3.16. The molecule has 0 aliphatic carbocycles.